The van der Waals surface area contributed by atoms with E-state index in [9.17, 15) is 0 Å². The number of guanidine groups is 1. The third kappa shape index (κ3) is 7.26. The fourth-order valence-electron chi connectivity index (χ4n) is 3.86. The molecule has 1 atom stereocenters. The Morgan fingerprint density at radius 2 is 1.77 bits per heavy atom. The van der Waals surface area contributed by atoms with E-state index < -0.39 is 0 Å². The molecule has 1 aliphatic heterocycles. The van der Waals surface area contributed by atoms with Gasteiger partial charge in [-0.15, -0.1) is 0 Å². The van der Waals surface area contributed by atoms with Gasteiger partial charge in [0.05, 0.1) is 6.54 Å². The summed E-state index contributed by atoms with van der Waals surface area (Å²) in [6, 6.07) is 19.0. The second-order valence-electron chi connectivity index (χ2n) is 8.18. The highest BCUT2D eigenvalue weighted by Crippen LogP contribution is 2.25. The highest BCUT2D eigenvalue weighted by molar-refractivity contribution is 5.79. The molecule has 2 aromatic carbocycles. The largest absolute Gasteiger partial charge is 0.492 e. The van der Waals surface area contributed by atoms with Crippen LogP contribution in [0.3, 0.4) is 0 Å². The number of nitrogens with one attached hydrogen (secondary N) is 3. The van der Waals surface area contributed by atoms with Crippen LogP contribution in [0.15, 0.2) is 59.6 Å². The molecule has 1 unspecified atom stereocenters. The van der Waals surface area contributed by atoms with Crippen LogP contribution in [0.25, 0.3) is 0 Å². The molecule has 1 heterocycles. The number of hydrogen-bond donors (Lipinski definition) is 3. The van der Waals surface area contributed by atoms with Crippen LogP contribution in [-0.2, 0) is 4.74 Å². The van der Waals surface area contributed by atoms with Crippen molar-refractivity contribution < 1.29 is 9.47 Å². The van der Waals surface area contributed by atoms with Crippen LogP contribution in [0.5, 0.6) is 5.75 Å². The lowest BCUT2D eigenvalue weighted by molar-refractivity contribution is 0.0355. The molecule has 2 aromatic rings. The van der Waals surface area contributed by atoms with Gasteiger partial charge in [0, 0.05) is 38.4 Å². The molecule has 0 aromatic heterocycles. The van der Waals surface area contributed by atoms with Crippen molar-refractivity contribution in [1.29, 1.82) is 0 Å². The number of aliphatic imine (C=N–C) groups is 1. The summed E-state index contributed by atoms with van der Waals surface area (Å²) in [4.78, 5) is 4.38. The Kier molecular flexibility index (Phi) is 8.74. The lowest BCUT2D eigenvalue weighted by atomic mass is 9.88. The molecule has 0 bridgehead atoms. The molecular formula is C25H36N4O2. The molecular weight excluding hydrogens is 388 g/mol. The van der Waals surface area contributed by atoms with E-state index in [2.05, 4.69) is 77.3 Å². The number of hydrogen-bond acceptors (Lipinski definition) is 4. The van der Waals surface area contributed by atoms with Gasteiger partial charge in [-0.3, -0.25) is 4.99 Å². The quantitative estimate of drug-likeness (QED) is 0.327. The average molecular weight is 425 g/mol. The zero-order valence-corrected chi connectivity index (χ0v) is 19.0. The molecule has 3 N–H and O–H groups in total. The Morgan fingerprint density at radius 3 is 2.45 bits per heavy atom. The standard InChI is InChI=1S/C25H36N4O2/c1-20-9-11-23(12-10-20)31-18-15-27-24(26-3)28-19-25(13-16-30-17-14-25)29-21(2)22-7-5-4-6-8-22/h4-12,21,29H,13-19H2,1-3H3,(H2,26,27,28). The van der Waals surface area contributed by atoms with Gasteiger partial charge in [-0.1, -0.05) is 48.0 Å². The van der Waals surface area contributed by atoms with Crippen molar-refractivity contribution in [3.8, 4) is 5.75 Å². The van der Waals surface area contributed by atoms with E-state index in [1.807, 2.05) is 12.1 Å². The summed E-state index contributed by atoms with van der Waals surface area (Å²) in [7, 11) is 1.80. The number of ether oxygens (including phenoxy) is 2. The molecule has 6 nitrogen and oxygen atoms in total. The van der Waals surface area contributed by atoms with Crippen molar-refractivity contribution in [3.63, 3.8) is 0 Å². The SMILES string of the molecule is CN=C(NCCOc1ccc(C)cc1)NCC1(NC(C)c2ccccc2)CCOCC1. The lowest BCUT2D eigenvalue weighted by Gasteiger charge is -2.41. The number of rotatable bonds is 9. The monoisotopic (exact) mass is 424 g/mol. The van der Waals surface area contributed by atoms with E-state index in [0.717, 1.165) is 44.3 Å². The van der Waals surface area contributed by atoms with Crippen LogP contribution in [-0.4, -0.2) is 51.5 Å². The van der Waals surface area contributed by atoms with Crippen molar-refractivity contribution in [2.75, 3.05) is 40.0 Å². The van der Waals surface area contributed by atoms with Crippen LogP contribution in [0.4, 0.5) is 0 Å². The maximum atomic E-state index is 5.80. The van der Waals surface area contributed by atoms with Crippen molar-refractivity contribution in [2.24, 2.45) is 4.99 Å². The third-order valence-electron chi connectivity index (χ3n) is 5.77. The highest BCUT2D eigenvalue weighted by Gasteiger charge is 2.34. The summed E-state index contributed by atoms with van der Waals surface area (Å²) >= 11 is 0. The molecule has 6 heteroatoms. The second-order valence-corrected chi connectivity index (χ2v) is 8.18. The first kappa shape index (κ1) is 23.1. The molecule has 3 rings (SSSR count). The van der Waals surface area contributed by atoms with Gasteiger partial charge in [0.1, 0.15) is 12.4 Å². The van der Waals surface area contributed by atoms with Gasteiger partial charge in [0.15, 0.2) is 5.96 Å². The van der Waals surface area contributed by atoms with Crippen molar-refractivity contribution in [2.45, 2.75) is 38.3 Å². The predicted molar refractivity (Wildman–Crippen MR) is 127 cm³/mol. The Bertz CT molecular complexity index is 802. The minimum Gasteiger partial charge on any atom is -0.492 e. The van der Waals surface area contributed by atoms with Gasteiger partial charge in [-0.2, -0.15) is 0 Å². The number of aryl methyl sites for hydroxylation is 1. The Hall–Kier alpha value is -2.57. The molecule has 0 saturated carbocycles. The van der Waals surface area contributed by atoms with Crippen molar-refractivity contribution >= 4 is 5.96 Å². The van der Waals surface area contributed by atoms with Crippen LogP contribution < -0.4 is 20.7 Å². The third-order valence-corrected chi connectivity index (χ3v) is 5.77. The molecule has 0 amide bonds. The normalized spacial score (nSPS) is 17.1. The zero-order chi connectivity index (χ0) is 21.9. The van der Waals surface area contributed by atoms with Crippen molar-refractivity contribution in [1.82, 2.24) is 16.0 Å². The summed E-state index contributed by atoms with van der Waals surface area (Å²) in [5.74, 6) is 1.67. The van der Waals surface area contributed by atoms with E-state index in [0.29, 0.717) is 13.2 Å². The van der Waals surface area contributed by atoms with Crippen LogP contribution >= 0.6 is 0 Å². The molecule has 1 saturated heterocycles. The van der Waals surface area contributed by atoms with E-state index in [-0.39, 0.29) is 11.6 Å². The van der Waals surface area contributed by atoms with Crippen molar-refractivity contribution in [3.05, 3.63) is 65.7 Å². The number of benzene rings is 2. The Morgan fingerprint density at radius 1 is 1.06 bits per heavy atom. The minimum absolute atomic E-state index is 0.0382. The first-order chi connectivity index (χ1) is 15.1. The molecule has 1 fully saturated rings. The predicted octanol–water partition coefficient (Wildman–Crippen LogP) is 3.44. The summed E-state index contributed by atoms with van der Waals surface area (Å²) in [5, 5.41) is 10.7. The van der Waals surface area contributed by atoms with Gasteiger partial charge in [0.25, 0.3) is 0 Å². The van der Waals surface area contributed by atoms with E-state index in [1.165, 1.54) is 11.1 Å². The molecule has 31 heavy (non-hydrogen) atoms. The van der Waals surface area contributed by atoms with E-state index in [4.69, 9.17) is 9.47 Å². The maximum absolute atomic E-state index is 5.80. The molecule has 168 valence electrons. The van der Waals surface area contributed by atoms with Crippen LogP contribution in [0.2, 0.25) is 0 Å². The topological polar surface area (TPSA) is 66.9 Å². The summed E-state index contributed by atoms with van der Waals surface area (Å²) < 4.78 is 11.4. The highest BCUT2D eigenvalue weighted by atomic mass is 16.5. The van der Waals surface area contributed by atoms with Gasteiger partial charge in [0.2, 0.25) is 0 Å². The number of nitrogens with zero attached hydrogens (tertiary/aromatic N) is 1. The molecule has 0 spiro atoms. The van der Waals surface area contributed by atoms with E-state index >= 15 is 0 Å². The second kappa shape index (κ2) is 11.7. The Balaban J connectivity index is 1.49. The summed E-state index contributed by atoms with van der Waals surface area (Å²) in [6.07, 6.45) is 1.93. The Labute approximate surface area is 186 Å². The van der Waals surface area contributed by atoms with Gasteiger partial charge in [-0.05, 0) is 44.4 Å². The van der Waals surface area contributed by atoms with Gasteiger partial charge >= 0.3 is 0 Å². The molecule has 0 radical (unpaired) electrons. The minimum atomic E-state index is -0.0382. The fourth-order valence-corrected chi connectivity index (χ4v) is 3.86. The molecule has 0 aliphatic carbocycles. The zero-order valence-electron chi connectivity index (χ0n) is 19.0. The smallest absolute Gasteiger partial charge is 0.191 e. The maximum Gasteiger partial charge on any atom is 0.191 e. The summed E-state index contributed by atoms with van der Waals surface area (Å²) in [5.41, 5.74) is 2.49. The lowest BCUT2D eigenvalue weighted by Crippen LogP contribution is -2.58. The van der Waals surface area contributed by atoms with Crippen LogP contribution in [0.1, 0.15) is 36.9 Å². The summed E-state index contributed by atoms with van der Waals surface area (Å²) in [6.45, 7) is 7.87. The fraction of sp³-hybridized carbons (Fsp3) is 0.480. The van der Waals surface area contributed by atoms with Crippen LogP contribution in [0, 0.1) is 6.92 Å². The first-order valence-corrected chi connectivity index (χ1v) is 11.1. The molecule has 1 aliphatic rings. The van der Waals surface area contributed by atoms with E-state index in [1.54, 1.807) is 7.05 Å². The van der Waals surface area contributed by atoms with Gasteiger partial charge < -0.3 is 25.4 Å². The average Bonchev–Trinajstić information content (AvgIpc) is 2.81. The first-order valence-electron chi connectivity index (χ1n) is 11.1. The van der Waals surface area contributed by atoms with Gasteiger partial charge in [-0.25, -0.2) is 0 Å².